The molecule has 0 unspecified atom stereocenters. The molecule has 0 saturated carbocycles. The Morgan fingerprint density at radius 1 is 0.565 bits per heavy atom. The Kier molecular flexibility index (Phi) is 12.0. The van der Waals surface area contributed by atoms with Crippen molar-refractivity contribution in [1.29, 1.82) is 0 Å². The van der Waals surface area contributed by atoms with Crippen molar-refractivity contribution in [3.63, 3.8) is 0 Å². The standard InChI is InChI=1S/C23H27N.C21H25N/c1-23(2,3)21-14-12-18(13-15-21)16-24(4)17-20-10-7-9-19-8-5-6-11-22(19)20;1-21(2,3)15-8-5-9-16-22(4)17-19-13-10-12-18-11-6-7-14-20(18)19/h5-15H,16-17H2,1-4H3;5-7,9-14H,16-17H2,1-4H3/b;9-5+. The highest BCUT2D eigenvalue weighted by atomic mass is 15.1. The molecule has 0 bridgehead atoms. The van der Waals surface area contributed by atoms with Gasteiger partial charge in [0, 0.05) is 31.6 Å². The van der Waals surface area contributed by atoms with Gasteiger partial charge in [-0.3, -0.25) is 9.80 Å². The zero-order valence-electron chi connectivity index (χ0n) is 29.3. The maximum absolute atomic E-state index is 3.21. The van der Waals surface area contributed by atoms with Crippen LogP contribution in [0.5, 0.6) is 0 Å². The molecule has 5 aromatic carbocycles. The molecule has 5 rings (SSSR count). The fraction of sp³-hybridized carbons (Fsp3) is 0.318. The first-order valence-corrected chi connectivity index (χ1v) is 16.5. The van der Waals surface area contributed by atoms with Crippen LogP contribution in [0, 0.1) is 17.3 Å². The highest BCUT2D eigenvalue weighted by Gasteiger charge is 2.13. The quantitative estimate of drug-likeness (QED) is 0.162. The monoisotopic (exact) mass is 608 g/mol. The van der Waals surface area contributed by atoms with E-state index in [1.807, 2.05) is 6.08 Å². The van der Waals surface area contributed by atoms with Crippen LogP contribution >= 0.6 is 0 Å². The predicted octanol–water partition coefficient (Wildman–Crippen LogP) is 10.6. The summed E-state index contributed by atoms with van der Waals surface area (Å²) in [6, 6.07) is 39.3. The molecule has 0 saturated heterocycles. The van der Waals surface area contributed by atoms with Crippen LogP contribution in [0.3, 0.4) is 0 Å². The molecule has 2 heteroatoms. The summed E-state index contributed by atoms with van der Waals surface area (Å²) >= 11 is 0. The SMILES string of the molecule is CN(C/C=C/C#CC(C)(C)C)Cc1cccc2ccccc12.CN(Cc1ccc(C(C)(C)C)cc1)Cc1cccc2ccccc12. The third-order valence-electron chi connectivity index (χ3n) is 7.98. The molecule has 0 heterocycles. The first-order valence-electron chi connectivity index (χ1n) is 16.5. The van der Waals surface area contributed by atoms with E-state index in [2.05, 4.69) is 193 Å². The van der Waals surface area contributed by atoms with E-state index in [-0.39, 0.29) is 10.8 Å². The van der Waals surface area contributed by atoms with Crippen molar-refractivity contribution in [3.8, 4) is 11.8 Å². The molecule has 46 heavy (non-hydrogen) atoms. The van der Waals surface area contributed by atoms with E-state index < -0.39 is 0 Å². The molecule has 5 aromatic rings. The molecule has 0 atom stereocenters. The Bertz CT molecular complexity index is 1780. The average molecular weight is 609 g/mol. The lowest BCUT2D eigenvalue weighted by molar-refractivity contribution is 0.320. The second-order valence-corrected chi connectivity index (χ2v) is 14.5. The summed E-state index contributed by atoms with van der Waals surface area (Å²) in [4.78, 5) is 4.69. The highest BCUT2D eigenvalue weighted by molar-refractivity contribution is 5.86. The summed E-state index contributed by atoms with van der Waals surface area (Å²) in [5.41, 5.74) is 5.80. The average Bonchev–Trinajstić information content (AvgIpc) is 3.01. The smallest absolute Gasteiger partial charge is 0.0240 e. The van der Waals surface area contributed by atoms with Crippen molar-refractivity contribution in [1.82, 2.24) is 9.80 Å². The zero-order valence-corrected chi connectivity index (χ0v) is 29.3. The molecule has 0 radical (unpaired) electrons. The number of fused-ring (bicyclic) bond motifs is 2. The molecule has 0 spiro atoms. The number of likely N-dealkylation sites (N-methyl/N-ethyl adjacent to an activating group) is 1. The van der Waals surface area contributed by atoms with Crippen LogP contribution in [0.15, 0.2) is 121 Å². The van der Waals surface area contributed by atoms with Crippen molar-refractivity contribution in [2.24, 2.45) is 5.41 Å². The van der Waals surface area contributed by atoms with Gasteiger partial charge in [0.05, 0.1) is 0 Å². The van der Waals surface area contributed by atoms with Gasteiger partial charge < -0.3 is 0 Å². The predicted molar refractivity (Wildman–Crippen MR) is 201 cm³/mol. The van der Waals surface area contributed by atoms with Crippen LogP contribution in [0.25, 0.3) is 21.5 Å². The lowest BCUT2D eigenvalue weighted by Gasteiger charge is -2.21. The second kappa shape index (κ2) is 15.9. The van der Waals surface area contributed by atoms with Crippen molar-refractivity contribution >= 4 is 21.5 Å². The molecule has 2 nitrogen and oxygen atoms in total. The van der Waals surface area contributed by atoms with Crippen LogP contribution in [-0.4, -0.2) is 30.4 Å². The summed E-state index contributed by atoms with van der Waals surface area (Å²) in [7, 11) is 4.34. The van der Waals surface area contributed by atoms with Crippen molar-refractivity contribution < 1.29 is 0 Å². The largest absolute Gasteiger partial charge is 0.298 e. The number of allylic oxidation sites excluding steroid dienone is 1. The molecular formula is C44H52N2. The van der Waals surface area contributed by atoms with Crippen molar-refractivity contribution in [3.05, 3.63) is 144 Å². The molecule has 0 aromatic heterocycles. The van der Waals surface area contributed by atoms with E-state index in [9.17, 15) is 0 Å². The van der Waals surface area contributed by atoms with Crippen LogP contribution < -0.4 is 0 Å². The number of rotatable bonds is 8. The molecule has 0 N–H and O–H groups in total. The zero-order chi connectivity index (χ0) is 33.2. The summed E-state index contributed by atoms with van der Waals surface area (Å²) in [6.45, 7) is 16.9. The Morgan fingerprint density at radius 3 is 1.59 bits per heavy atom. The highest BCUT2D eigenvalue weighted by Crippen LogP contribution is 2.24. The van der Waals surface area contributed by atoms with E-state index in [0.29, 0.717) is 0 Å². The van der Waals surface area contributed by atoms with Gasteiger partial charge in [-0.1, -0.05) is 148 Å². The van der Waals surface area contributed by atoms with Gasteiger partial charge in [0.15, 0.2) is 0 Å². The third-order valence-corrected chi connectivity index (χ3v) is 7.98. The summed E-state index contributed by atoms with van der Waals surface area (Å²) in [5.74, 6) is 6.33. The number of benzene rings is 5. The molecule has 0 fully saturated rings. The fourth-order valence-electron chi connectivity index (χ4n) is 5.53. The van der Waals surface area contributed by atoms with Crippen LogP contribution in [0.2, 0.25) is 0 Å². The third kappa shape index (κ3) is 10.7. The number of hydrogen-bond acceptors (Lipinski definition) is 2. The van der Waals surface area contributed by atoms with Gasteiger partial charge in [0.25, 0.3) is 0 Å². The van der Waals surface area contributed by atoms with Gasteiger partial charge >= 0.3 is 0 Å². The minimum absolute atomic E-state index is 0.0686. The molecule has 238 valence electrons. The minimum Gasteiger partial charge on any atom is -0.298 e. The van der Waals surface area contributed by atoms with Gasteiger partial charge in [-0.25, -0.2) is 0 Å². The number of nitrogens with zero attached hydrogens (tertiary/aromatic N) is 2. The normalized spacial score (nSPS) is 12.0. The summed E-state index contributed by atoms with van der Waals surface area (Å²) in [5, 5.41) is 5.32. The first-order chi connectivity index (χ1) is 21.9. The first kappa shape index (κ1) is 34.7. The van der Waals surface area contributed by atoms with Crippen molar-refractivity contribution in [2.75, 3.05) is 20.6 Å². The van der Waals surface area contributed by atoms with E-state index in [0.717, 1.165) is 26.2 Å². The Labute approximate surface area is 278 Å². The summed E-state index contributed by atoms with van der Waals surface area (Å²) < 4.78 is 0. The lowest BCUT2D eigenvalue weighted by atomic mass is 9.87. The summed E-state index contributed by atoms with van der Waals surface area (Å²) in [6.07, 6.45) is 4.09. The number of hydrogen-bond donors (Lipinski definition) is 0. The Morgan fingerprint density at radius 2 is 1.07 bits per heavy atom. The van der Waals surface area contributed by atoms with Gasteiger partial charge in [-0.15, -0.1) is 0 Å². The lowest BCUT2D eigenvalue weighted by Crippen LogP contribution is -2.17. The molecule has 0 aliphatic rings. The maximum Gasteiger partial charge on any atom is 0.0240 e. The van der Waals surface area contributed by atoms with Gasteiger partial charge in [-0.2, -0.15) is 0 Å². The van der Waals surface area contributed by atoms with Crippen LogP contribution in [0.4, 0.5) is 0 Å². The van der Waals surface area contributed by atoms with E-state index in [4.69, 9.17) is 0 Å². The molecule has 0 amide bonds. The minimum atomic E-state index is 0.0686. The van der Waals surface area contributed by atoms with Crippen molar-refractivity contribution in [2.45, 2.75) is 66.6 Å². The topological polar surface area (TPSA) is 6.48 Å². The molecule has 0 aliphatic heterocycles. The Hall–Kier alpha value is -4.16. The van der Waals surface area contributed by atoms with Crippen LogP contribution in [0.1, 0.15) is 63.8 Å². The van der Waals surface area contributed by atoms with Crippen LogP contribution in [-0.2, 0) is 25.0 Å². The van der Waals surface area contributed by atoms with Gasteiger partial charge in [0.1, 0.15) is 0 Å². The van der Waals surface area contributed by atoms with Gasteiger partial charge in [0.2, 0.25) is 0 Å². The Balaban J connectivity index is 0.000000210. The molecule has 0 aliphatic carbocycles. The second-order valence-electron chi connectivity index (χ2n) is 14.5. The van der Waals surface area contributed by atoms with E-state index >= 15 is 0 Å². The molecular weight excluding hydrogens is 556 g/mol. The van der Waals surface area contributed by atoms with E-state index in [1.165, 1.54) is 43.8 Å². The van der Waals surface area contributed by atoms with Gasteiger partial charge in [-0.05, 0) is 90.2 Å². The maximum atomic E-state index is 3.21. The fourth-order valence-corrected chi connectivity index (χ4v) is 5.53. The van der Waals surface area contributed by atoms with E-state index in [1.54, 1.807) is 0 Å².